The maximum absolute atomic E-state index is 13.5. The van der Waals surface area contributed by atoms with Crippen LogP contribution < -0.4 is 14.2 Å². The number of methoxy groups -OCH3 is 2. The average molecular weight is 589 g/mol. The van der Waals surface area contributed by atoms with Gasteiger partial charge in [-0.15, -0.1) is 0 Å². The van der Waals surface area contributed by atoms with Crippen molar-refractivity contribution in [2.45, 2.75) is 19.4 Å². The Morgan fingerprint density at radius 1 is 0.952 bits per heavy atom. The van der Waals surface area contributed by atoms with E-state index in [0.717, 1.165) is 35.6 Å². The number of benzene rings is 3. The van der Waals surface area contributed by atoms with Gasteiger partial charge < -0.3 is 23.8 Å². The number of hydrogen-bond acceptors (Lipinski definition) is 9. The Morgan fingerprint density at radius 3 is 2.48 bits per heavy atom. The molecule has 3 aromatic carbocycles. The van der Waals surface area contributed by atoms with Crippen molar-refractivity contribution in [1.82, 2.24) is 19.2 Å². The molecule has 0 spiro atoms. The van der Waals surface area contributed by atoms with Crippen LogP contribution in [0.15, 0.2) is 66.7 Å². The monoisotopic (exact) mass is 588 g/mol. The number of morpholine rings is 1. The van der Waals surface area contributed by atoms with Crippen LogP contribution in [0.2, 0.25) is 0 Å². The summed E-state index contributed by atoms with van der Waals surface area (Å²) in [5.74, 6) is 2.70. The summed E-state index contributed by atoms with van der Waals surface area (Å²) < 4.78 is 27.0. The molecule has 0 atom stereocenters. The first kappa shape index (κ1) is 29.5. The summed E-state index contributed by atoms with van der Waals surface area (Å²) in [6, 6.07) is 21.6. The van der Waals surface area contributed by atoms with E-state index in [0.29, 0.717) is 67.2 Å². The fraction of sp³-hybridized carbons (Fsp3) is 0.344. The molecule has 0 radical (unpaired) electrons. The molecule has 0 unspecified atom stereocenters. The number of carbonyl (C=O) groups is 1. The highest BCUT2D eigenvalue weighted by molar-refractivity contribution is 7.07. The second-order valence-electron chi connectivity index (χ2n) is 10.1. The Kier molecular flexibility index (Phi) is 10.0. The molecule has 10 heteroatoms. The SMILES string of the molecule is COc1ccc(CCN(C)C(=O)c2ccc(Oc3nc(Cc4ccccc4)ns3)c(CN3CCOCC3)c2)cc1OC. The molecule has 2 heterocycles. The van der Waals surface area contributed by atoms with Gasteiger partial charge >= 0.3 is 0 Å². The summed E-state index contributed by atoms with van der Waals surface area (Å²) in [6.45, 7) is 4.22. The van der Waals surface area contributed by atoms with E-state index in [-0.39, 0.29) is 5.91 Å². The molecule has 0 saturated carbocycles. The summed E-state index contributed by atoms with van der Waals surface area (Å²) in [6.07, 6.45) is 1.33. The number of rotatable bonds is 12. The van der Waals surface area contributed by atoms with Crippen LogP contribution in [-0.4, -0.2) is 79.2 Å². The number of nitrogens with zero attached hydrogens (tertiary/aromatic N) is 4. The summed E-state index contributed by atoms with van der Waals surface area (Å²) in [5, 5.41) is 0.482. The van der Waals surface area contributed by atoms with E-state index in [1.807, 2.05) is 61.6 Å². The average Bonchev–Trinajstić information content (AvgIpc) is 3.47. The molecule has 4 aromatic rings. The Balaban J connectivity index is 1.29. The summed E-state index contributed by atoms with van der Waals surface area (Å²) in [5.41, 5.74) is 3.75. The van der Waals surface area contributed by atoms with Crippen LogP contribution in [0.4, 0.5) is 0 Å². The van der Waals surface area contributed by atoms with Gasteiger partial charge in [-0.1, -0.05) is 36.4 Å². The van der Waals surface area contributed by atoms with Crippen molar-refractivity contribution in [1.29, 1.82) is 0 Å². The molecule has 1 aliphatic heterocycles. The van der Waals surface area contributed by atoms with Crippen molar-refractivity contribution in [2.75, 3.05) is 54.1 Å². The molecule has 0 bridgehead atoms. The number of aromatic nitrogens is 2. The number of amides is 1. The molecular formula is C32H36N4O5S. The third kappa shape index (κ3) is 7.64. The van der Waals surface area contributed by atoms with Gasteiger partial charge in [0.15, 0.2) is 17.3 Å². The third-order valence-electron chi connectivity index (χ3n) is 7.19. The highest BCUT2D eigenvalue weighted by atomic mass is 32.1. The second kappa shape index (κ2) is 14.3. The summed E-state index contributed by atoms with van der Waals surface area (Å²) in [7, 11) is 5.06. The van der Waals surface area contributed by atoms with Crippen LogP contribution in [0.3, 0.4) is 0 Å². The Labute approximate surface area is 250 Å². The Morgan fingerprint density at radius 2 is 1.71 bits per heavy atom. The minimum absolute atomic E-state index is 0.0497. The van der Waals surface area contributed by atoms with Crippen molar-refractivity contribution < 1.29 is 23.7 Å². The first-order valence-corrected chi connectivity index (χ1v) is 14.7. The third-order valence-corrected chi connectivity index (χ3v) is 7.82. The van der Waals surface area contributed by atoms with Crippen molar-refractivity contribution in [2.24, 2.45) is 0 Å². The van der Waals surface area contributed by atoms with Gasteiger partial charge in [-0.05, 0) is 47.9 Å². The number of carbonyl (C=O) groups excluding carboxylic acids is 1. The lowest BCUT2D eigenvalue weighted by Crippen LogP contribution is -2.35. The van der Waals surface area contributed by atoms with Gasteiger partial charge in [0.25, 0.3) is 11.1 Å². The van der Waals surface area contributed by atoms with Gasteiger partial charge in [0.2, 0.25) is 0 Å². The molecule has 1 aliphatic rings. The first-order valence-electron chi connectivity index (χ1n) is 14.0. The first-order chi connectivity index (χ1) is 20.5. The highest BCUT2D eigenvalue weighted by Gasteiger charge is 2.19. The topological polar surface area (TPSA) is 86.2 Å². The predicted molar refractivity (Wildman–Crippen MR) is 162 cm³/mol. The maximum atomic E-state index is 13.5. The maximum Gasteiger partial charge on any atom is 0.298 e. The molecule has 5 rings (SSSR count). The van der Waals surface area contributed by atoms with Crippen molar-refractivity contribution >= 4 is 17.4 Å². The van der Waals surface area contributed by atoms with E-state index in [1.165, 1.54) is 11.5 Å². The van der Waals surface area contributed by atoms with Gasteiger partial charge in [0.1, 0.15) is 5.75 Å². The van der Waals surface area contributed by atoms with Gasteiger partial charge in [-0.25, -0.2) is 0 Å². The van der Waals surface area contributed by atoms with Crippen LogP contribution in [0.25, 0.3) is 0 Å². The highest BCUT2D eigenvalue weighted by Crippen LogP contribution is 2.30. The summed E-state index contributed by atoms with van der Waals surface area (Å²) in [4.78, 5) is 22.1. The lowest BCUT2D eigenvalue weighted by Gasteiger charge is -2.27. The normalized spacial score (nSPS) is 13.5. The minimum atomic E-state index is -0.0497. The van der Waals surface area contributed by atoms with Gasteiger partial charge in [-0.3, -0.25) is 9.69 Å². The largest absolute Gasteiger partial charge is 0.493 e. The van der Waals surface area contributed by atoms with Crippen LogP contribution in [0.1, 0.15) is 32.9 Å². The quantitative estimate of drug-likeness (QED) is 0.226. The van der Waals surface area contributed by atoms with Gasteiger partial charge in [0, 0.05) is 62.3 Å². The molecule has 1 amide bonds. The standard InChI is InChI=1S/C32H36N4O5S/c1-35(14-13-24-9-11-28(38-2)29(19-24)39-3)31(37)25-10-12-27(26(21-25)22-36-15-17-40-18-16-36)41-32-33-30(34-42-32)20-23-7-5-4-6-8-23/h4-12,19,21H,13-18,20,22H2,1-3H3. The van der Waals surface area contributed by atoms with E-state index in [1.54, 1.807) is 19.1 Å². The molecule has 42 heavy (non-hydrogen) atoms. The van der Waals surface area contributed by atoms with Gasteiger partial charge in [-0.2, -0.15) is 9.36 Å². The van der Waals surface area contributed by atoms with E-state index in [2.05, 4.69) is 26.4 Å². The molecule has 220 valence electrons. The predicted octanol–water partition coefficient (Wildman–Crippen LogP) is 5.09. The molecule has 0 N–H and O–H groups in total. The fourth-order valence-electron chi connectivity index (χ4n) is 4.81. The lowest BCUT2D eigenvalue weighted by molar-refractivity contribution is 0.0339. The zero-order chi connectivity index (χ0) is 29.3. The van der Waals surface area contributed by atoms with Crippen LogP contribution in [-0.2, 0) is 24.1 Å². The molecule has 1 saturated heterocycles. The minimum Gasteiger partial charge on any atom is -0.493 e. The number of hydrogen-bond donors (Lipinski definition) is 0. The van der Waals surface area contributed by atoms with Gasteiger partial charge in [0.05, 0.1) is 27.4 Å². The van der Waals surface area contributed by atoms with Crippen LogP contribution in [0, 0.1) is 0 Å². The summed E-state index contributed by atoms with van der Waals surface area (Å²) >= 11 is 1.23. The number of ether oxygens (including phenoxy) is 4. The Bertz CT molecular complexity index is 1470. The molecular weight excluding hydrogens is 552 g/mol. The lowest BCUT2D eigenvalue weighted by atomic mass is 10.1. The molecule has 9 nitrogen and oxygen atoms in total. The zero-order valence-corrected chi connectivity index (χ0v) is 25.1. The smallest absolute Gasteiger partial charge is 0.298 e. The molecule has 0 aliphatic carbocycles. The zero-order valence-electron chi connectivity index (χ0n) is 24.2. The van der Waals surface area contributed by atoms with E-state index >= 15 is 0 Å². The van der Waals surface area contributed by atoms with Crippen LogP contribution in [0.5, 0.6) is 22.4 Å². The van der Waals surface area contributed by atoms with Crippen molar-refractivity contribution in [3.63, 3.8) is 0 Å². The van der Waals surface area contributed by atoms with Crippen molar-refractivity contribution in [3.05, 3.63) is 94.8 Å². The van der Waals surface area contributed by atoms with Crippen LogP contribution >= 0.6 is 11.5 Å². The molecule has 1 fully saturated rings. The fourth-order valence-corrected chi connectivity index (χ4v) is 5.38. The number of likely N-dealkylation sites (N-methyl/N-ethyl adjacent to an activating group) is 1. The van der Waals surface area contributed by atoms with E-state index in [9.17, 15) is 4.79 Å². The van der Waals surface area contributed by atoms with E-state index in [4.69, 9.17) is 18.9 Å². The van der Waals surface area contributed by atoms with Crippen molar-refractivity contribution in [3.8, 4) is 22.4 Å². The molecule has 1 aromatic heterocycles. The Hall–Kier alpha value is -3.99. The van der Waals surface area contributed by atoms with E-state index < -0.39 is 0 Å². The second-order valence-corrected chi connectivity index (χ2v) is 10.8.